The van der Waals surface area contributed by atoms with E-state index < -0.39 is 27.7 Å². The topological polar surface area (TPSA) is 111 Å². The molecule has 0 radical (unpaired) electrons. The van der Waals surface area contributed by atoms with Gasteiger partial charge in [-0.1, -0.05) is 0 Å². The van der Waals surface area contributed by atoms with Crippen molar-refractivity contribution in [1.29, 1.82) is 0 Å². The van der Waals surface area contributed by atoms with Gasteiger partial charge >= 0.3 is 22.8 Å². The minimum atomic E-state index is -4.87. The predicted molar refractivity (Wildman–Crippen MR) is 40.3 cm³/mol. The van der Waals surface area contributed by atoms with E-state index in [0.29, 0.717) is 0 Å². The monoisotopic (exact) mass is 257 g/mol. The van der Waals surface area contributed by atoms with Gasteiger partial charge in [0.15, 0.2) is 0 Å². The molecule has 0 heterocycles. The SMILES string of the molecule is O=[N+]([O-])C(S(=O)(=O)Cl)S(=O)(=O)Cl. The molecule has 0 aliphatic rings. The zero-order chi connectivity index (χ0) is 10.2. The van der Waals surface area contributed by atoms with E-state index in [2.05, 4.69) is 21.4 Å². The molecule has 0 aliphatic heterocycles. The van der Waals surface area contributed by atoms with Gasteiger partial charge < -0.3 is 0 Å². The van der Waals surface area contributed by atoms with Crippen molar-refractivity contribution in [2.24, 2.45) is 0 Å². The molecule has 0 spiro atoms. The lowest BCUT2D eigenvalue weighted by Gasteiger charge is -1.99. The van der Waals surface area contributed by atoms with Crippen molar-refractivity contribution >= 4 is 39.5 Å². The maximum absolute atomic E-state index is 10.3. The quantitative estimate of drug-likeness (QED) is 0.389. The average Bonchev–Trinajstić information content (AvgIpc) is 1.49. The fourth-order valence-corrected chi connectivity index (χ4v) is 4.30. The Balaban J connectivity index is 5.42. The molecule has 0 aliphatic carbocycles. The standard InChI is InChI=1S/CHCl2NO6S2/c2-11(7,8)1(4(5)6)12(3,9)10/h1H. The number of hydrogen-bond acceptors (Lipinski definition) is 6. The highest BCUT2D eigenvalue weighted by Crippen LogP contribution is 2.18. The van der Waals surface area contributed by atoms with Crippen LogP contribution >= 0.6 is 21.4 Å². The average molecular weight is 258 g/mol. The second-order valence-corrected chi connectivity index (χ2v) is 7.22. The van der Waals surface area contributed by atoms with E-state index in [-0.39, 0.29) is 0 Å². The number of rotatable bonds is 3. The van der Waals surface area contributed by atoms with Crippen LogP contribution in [0.25, 0.3) is 0 Å². The molecule has 0 unspecified atom stereocenters. The van der Waals surface area contributed by atoms with Crippen LogP contribution in [-0.4, -0.2) is 26.5 Å². The molecule has 0 amide bonds. The first-order valence-corrected chi connectivity index (χ1v) is 6.82. The van der Waals surface area contributed by atoms with Crippen LogP contribution < -0.4 is 0 Å². The molecular formula is CHCl2NO6S2. The number of hydrogen-bond donors (Lipinski definition) is 0. The van der Waals surface area contributed by atoms with Crippen molar-refractivity contribution in [3.63, 3.8) is 0 Å². The van der Waals surface area contributed by atoms with Gasteiger partial charge in [0.2, 0.25) is 0 Å². The number of nitrogens with zero attached hydrogens (tertiary/aromatic N) is 1. The molecule has 7 nitrogen and oxygen atoms in total. The fraction of sp³-hybridized carbons (Fsp3) is 1.00. The van der Waals surface area contributed by atoms with Crippen molar-refractivity contribution in [3.05, 3.63) is 10.1 Å². The first-order chi connectivity index (χ1) is 5.07. The maximum Gasteiger partial charge on any atom is 0.434 e. The maximum atomic E-state index is 10.3. The minimum absolute atomic E-state index is 1.61. The molecule has 0 aromatic rings. The summed E-state index contributed by atoms with van der Waals surface area (Å²) in [4.78, 5) is 8.26. The van der Waals surface area contributed by atoms with Gasteiger partial charge in [-0.25, -0.2) is 16.8 Å². The summed E-state index contributed by atoms with van der Waals surface area (Å²) in [5.41, 5.74) is 0. The molecule has 0 saturated heterocycles. The van der Waals surface area contributed by atoms with Gasteiger partial charge in [0.05, 0.1) is 4.92 Å². The molecule has 0 rings (SSSR count). The Morgan fingerprint density at radius 3 is 1.33 bits per heavy atom. The second-order valence-electron chi connectivity index (χ2n) is 1.54. The molecule has 0 atom stereocenters. The Hall–Kier alpha value is -0.120. The largest absolute Gasteiger partial charge is 0.434 e. The van der Waals surface area contributed by atoms with E-state index in [1.54, 1.807) is 0 Å². The van der Waals surface area contributed by atoms with Crippen LogP contribution in [0.3, 0.4) is 0 Å². The molecule has 12 heavy (non-hydrogen) atoms. The van der Waals surface area contributed by atoms with Crippen molar-refractivity contribution in [2.45, 2.75) is 4.71 Å². The summed E-state index contributed by atoms with van der Waals surface area (Å²) in [6.07, 6.45) is 0. The molecule has 0 N–H and O–H groups in total. The van der Waals surface area contributed by atoms with Crippen LogP contribution in [0, 0.1) is 10.1 Å². The molecule has 0 fully saturated rings. The minimum Gasteiger partial charge on any atom is -0.262 e. The first kappa shape index (κ1) is 11.9. The van der Waals surface area contributed by atoms with Crippen molar-refractivity contribution in [2.75, 3.05) is 0 Å². The van der Waals surface area contributed by atoms with Crippen molar-refractivity contribution < 1.29 is 21.8 Å². The van der Waals surface area contributed by atoms with Crippen LogP contribution in [0.4, 0.5) is 0 Å². The number of halogens is 2. The third-order valence-electron chi connectivity index (χ3n) is 0.654. The highest BCUT2D eigenvalue weighted by atomic mass is 35.7. The molecule has 0 aromatic carbocycles. The van der Waals surface area contributed by atoms with Crippen LogP contribution in [0.5, 0.6) is 0 Å². The molecule has 0 bridgehead atoms. The Bertz CT molecular complexity index is 348. The summed E-state index contributed by atoms with van der Waals surface area (Å²) in [5, 5.41) is 9.87. The zero-order valence-corrected chi connectivity index (χ0v) is 8.19. The molecule has 0 saturated carbocycles. The Morgan fingerprint density at radius 1 is 1.08 bits per heavy atom. The normalized spacial score (nSPS) is 13.2. The van der Waals surface area contributed by atoms with E-state index in [9.17, 15) is 26.9 Å². The van der Waals surface area contributed by atoms with E-state index in [4.69, 9.17) is 0 Å². The van der Waals surface area contributed by atoms with Gasteiger partial charge in [-0.3, -0.25) is 10.1 Å². The summed E-state index contributed by atoms with van der Waals surface area (Å²) in [6, 6.07) is 0. The number of nitro groups is 1. The van der Waals surface area contributed by atoms with E-state index >= 15 is 0 Å². The third-order valence-corrected chi connectivity index (χ3v) is 5.13. The van der Waals surface area contributed by atoms with Gasteiger partial charge in [-0.05, 0) is 0 Å². The van der Waals surface area contributed by atoms with E-state index in [1.165, 1.54) is 0 Å². The smallest absolute Gasteiger partial charge is 0.262 e. The molecular weight excluding hydrogens is 257 g/mol. The van der Waals surface area contributed by atoms with Crippen LogP contribution in [0.1, 0.15) is 0 Å². The lowest BCUT2D eigenvalue weighted by molar-refractivity contribution is -0.473. The van der Waals surface area contributed by atoms with Crippen LogP contribution in [-0.2, 0) is 18.1 Å². The van der Waals surface area contributed by atoms with Crippen LogP contribution in [0.15, 0.2) is 0 Å². The summed E-state index contributed by atoms with van der Waals surface area (Å²) in [7, 11) is -0.846. The van der Waals surface area contributed by atoms with Crippen molar-refractivity contribution in [1.82, 2.24) is 0 Å². The molecule has 11 heteroatoms. The van der Waals surface area contributed by atoms with E-state index in [0.717, 1.165) is 0 Å². The highest BCUT2D eigenvalue weighted by Gasteiger charge is 2.46. The summed E-state index contributed by atoms with van der Waals surface area (Å²) in [5.74, 6) is 0. The van der Waals surface area contributed by atoms with Crippen molar-refractivity contribution in [3.8, 4) is 0 Å². The highest BCUT2D eigenvalue weighted by molar-refractivity contribution is 8.28. The Kier molecular flexibility index (Phi) is 3.29. The predicted octanol–water partition coefficient (Wildman–Crippen LogP) is -0.316. The molecule has 72 valence electrons. The summed E-state index contributed by atoms with van der Waals surface area (Å²) >= 11 is 0. The van der Waals surface area contributed by atoms with Gasteiger partial charge in [-0.15, -0.1) is 0 Å². The van der Waals surface area contributed by atoms with Gasteiger partial charge in [0.25, 0.3) is 0 Å². The fourth-order valence-electron chi connectivity index (χ4n) is 0.343. The Morgan fingerprint density at radius 2 is 1.33 bits per heavy atom. The Labute approximate surface area is 76.3 Å². The molecule has 0 aromatic heterocycles. The van der Waals surface area contributed by atoms with E-state index in [1.807, 2.05) is 0 Å². The lowest BCUT2D eigenvalue weighted by Crippen LogP contribution is -2.31. The second kappa shape index (κ2) is 3.32. The van der Waals surface area contributed by atoms with Gasteiger partial charge in [0.1, 0.15) is 0 Å². The third kappa shape index (κ3) is 3.09. The summed E-state index contributed by atoms with van der Waals surface area (Å²) in [6.45, 7) is 0. The van der Waals surface area contributed by atoms with Gasteiger partial charge in [-0.2, -0.15) is 0 Å². The van der Waals surface area contributed by atoms with Gasteiger partial charge in [0, 0.05) is 21.4 Å². The van der Waals surface area contributed by atoms with Crippen LogP contribution in [0.2, 0.25) is 0 Å². The first-order valence-electron chi connectivity index (χ1n) is 2.07. The lowest BCUT2D eigenvalue weighted by atomic mass is 11.5. The summed E-state index contributed by atoms with van der Waals surface area (Å²) < 4.78 is 38.1. The zero-order valence-electron chi connectivity index (χ0n) is 5.05.